The van der Waals surface area contributed by atoms with Crippen LogP contribution in [0.4, 0.5) is 0 Å². The largest absolute Gasteiger partial charge is 0.322 e. The molecule has 0 saturated heterocycles. The van der Waals surface area contributed by atoms with Gasteiger partial charge in [0.1, 0.15) is 11.8 Å². The normalized spacial score (nSPS) is 10.7. The van der Waals surface area contributed by atoms with Crippen molar-refractivity contribution in [1.82, 2.24) is 4.57 Å². The van der Waals surface area contributed by atoms with Gasteiger partial charge in [-0.25, -0.2) is 0 Å². The number of benzene rings is 2. The number of aromatic nitrogens is 1. The molecule has 1 heterocycles. The van der Waals surface area contributed by atoms with Crippen molar-refractivity contribution in [2.75, 3.05) is 6.54 Å². The van der Waals surface area contributed by atoms with Crippen LogP contribution in [0.15, 0.2) is 42.6 Å². The van der Waals surface area contributed by atoms with E-state index in [4.69, 9.17) is 5.73 Å². The van der Waals surface area contributed by atoms with Crippen molar-refractivity contribution in [3.63, 3.8) is 0 Å². The van der Waals surface area contributed by atoms with Crippen molar-refractivity contribution in [3.05, 3.63) is 48.3 Å². The van der Waals surface area contributed by atoms with E-state index in [0.29, 0.717) is 5.69 Å². The smallest absolute Gasteiger partial charge is 0.245 e. The minimum absolute atomic E-state index is 0.117. The molecule has 19 heavy (non-hydrogen) atoms. The molecule has 4 nitrogen and oxygen atoms in total. The molecule has 0 aliphatic carbocycles. The summed E-state index contributed by atoms with van der Waals surface area (Å²) in [4.78, 5) is 11.8. The van der Waals surface area contributed by atoms with Gasteiger partial charge < -0.3 is 5.73 Å². The van der Waals surface area contributed by atoms with Crippen LogP contribution in [0.25, 0.3) is 21.5 Å². The fourth-order valence-electron chi connectivity index (χ4n) is 2.39. The van der Waals surface area contributed by atoms with Gasteiger partial charge in [0.05, 0.1) is 6.54 Å². The Balaban J connectivity index is 2.49. The van der Waals surface area contributed by atoms with E-state index < -0.39 is 0 Å². The molecule has 2 N–H and O–H groups in total. The Kier molecular flexibility index (Phi) is 2.55. The van der Waals surface area contributed by atoms with Crippen LogP contribution >= 0.6 is 0 Å². The van der Waals surface area contributed by atoms with E-state index in [0.717, 1.165) is 21.5 Å². The highest BCUT2D eigenvalue weighted by Crippen LogP contribution is 2.29. The molecule has 0 fully saturated rings. The summed E-state index contributed by atoms with van der Waals surface area (Å²) in [6.07, 6.45) is 1.68. The predicted octanol–water partition coefficient (Wildman–Crippen LogP) is 2.27. The fourth-order valence-corrected chi connectivity index (χ4v) is 2.39. The number of nitriles is 1. The maximum Gasteiger partial charge on any atom is 0.245 e. The van der Waals surface area contributed by atoms with Gasteiger partial charge in [0.25, 0.3) is 0 Å². The molecule has 0 radical (unpaired) electrons. The third-order valence-corrected chi connectivity index (χ3v) is 3.26. The Morgan fingerprint density at radius 1 is 1.21 bits per heavy atom. The SMILES string of the molecule is N#Cc1c2c(ccc3ccccc32)cn1C(=O)CN. The third kappa shape index (κ3) is 1.60. The minimum Gasteiger partial charge on any atom is -0.322 e. The average molecular weight is 249 g/mol. The number of nitrogens with two attached hydrogens (primary N) is 1. The van der Waals surface area contributed by atoms with Crippen molar-refractivity contribution in [1.29, 1.82) is 5.26 Å². The topological polar surface area (TPSA) is 71.8 Å². The molecule has 3 rings (SSSR count). The Labute approximate surface area is 109 Å². The lowest BCUT2D eigenvalue weighted by Gasteiger charge is -2.01. The number of rotatable bonds is 1. The summed E-state index contributed by atoms with van der Waals surface area (Å²) >= 11 is 0. The Morgan fingerprint density at radius 2 is 1.95 bits per heavy atom. The van der Waals surface area contributed by atoms with Gasteiger partial charge in [-0.3, -0.25) is 9.36 Å². The monoisotopic (exact) mass is 249 g/mol. The van der Waals surface area contributed by atoms with E-state index in [1.807, 2.05) is 36.4 Å². The van der Waals surface area contributed by atoms with Gasteiger partial charge in [0.2, 0.25) is 5.91 Å². The second-order valence-corrected chi connectivity index (χ2v) is 4.31. The Morgan fingerprint density at radius 3 is 2.68 bits per heavy atom. The first-order valence-electron chi connectivity index (χ1n) is 5.92. The summed E-state index contributed by atoms with van der Waals surface area (Å²) < 4.78 is 1.34. The number of carbonyl (C=O) groups excluding carboxylic acids is 1. The standard InChI is InChI=1S/C15H11N3O/c16-7-13-15-11(9-18(13)14(19)8-17)6-5-10-3-1-2-4-12(10)15/h1-6,9H,8,17H2. The van der Waals surface area contributed by atoms with Crippen LogP contribution in [-0.4, -0.2) is 17.0 Å². The van der Waals surface area contributed by atoms with Crippen molar-refractivity contribution in [3.8, 4) is 6.07 Å². The molecule has 2 aromatic carbocycles. The summed E-state index contributed by atoms with van der Waals surface area (Å²) in [7, 11) is 0. The van der Waals surface area contributed by atoms with Crippen molar-refractivity contribution >= 4 is 27.5 Å². The number of hydrogen-bond acceptors (Lipinski definition) is 3. The van der Waals surface area contributed by atoms with Crippen LogP contribution in [0.1, 0.15) is 10.5 Å². The molecule has 0 bridgehead atoms. The first kappa shape index (κ1) is 11.5. The highest BCUT2D eigenvalue weighted by atomic mass is 16.2. The van der Waals surface area contributed by atoms with E-state index in [1.54, 1.807) is 6.20 Å². The summed E-state index contributed by atoms with van der Waals surface area (Å²) in [6, 6.07) is 13.8. The van der Waals surface area contributed by atoms with Crippen LogP contribution in [0.3, 0.4) is 0 Å². The van der Waals surface area contributed by atoms with Crippen LogP contribution in [-0.2, 0) is 0 Å². The quantitative estimate of drug-likeness (QED) is 0.719. The second-order valence-electron chi connectivity index (χ2n) is 4.31. The molecular weight excluding hydrogens is 238 g/mol. The Hall–Kier alpha value is -2.64. The van der Waals surface area contributed by atoms with E-state index in [1.165, 1.54) is 4.57 Å². The maximum atomic E-state index is 11.8. The van der Waals surface area contributed by atoms with Gasteiger partial charge >= 0.3 is 0 Å². The van der Waals surface area contributed by atoms with E-state index >= 15 is 0 Å². The first-order valence-corrected chi connectivity index (χ1v) is 5.92. The van der Waals surface area contributed by atoms with E-state index in [2.05, 4.69) is 6.07 Å². The zero-order valence-corrected chi connectivity index (χ0v) is 10.1. The minimum atomic E-state index is -0.281. The van der Waals surface area contributed by atoms with Gasteiger partial charge in [-0.1, -0.05) is 36.4 Å². The van der Waals surface area contributed by atoms with Crippen LogP contribution < -0.4 is 5.73 Å². The molecule has 0 spiro atoms. The number of nitrogens with zero attached hydrogens (tertiary/aromatic N) is 2. The summed E-state index contributed by atoms with van der Waals surface area (Å²) in [6.45, 7) is -0.117. The molecule has 92 valence electrons. The highest BCUT2D eigenvalue weighted by Gasteiger charge is 2.15. The number of carbonyl (C=O) groups is 1. The van der Waals surface area contributed by atoms with Crippen LogP contribution in [0.2, 0.25) is 0 Å². The lowest BCUT2D eigenvalue weighted by atomic mass is 10.0. The molecule has 0 saturated carbocycles. The lowest BCUT2D eigenvalue weighted by Crippen LogP contribution is -2.21. The second kappa shape index (κ2) is 4.23. The maximum absolute atomic E-state index is 11.8. The zero-order valence-electron chi connectivity index (χ0n) is 10.1. The van der Waals surface area contributed by atoms with Gasteiger partial charge in [-0.05, 0) is 10.8 Å². The molecule has 0 aliphatic heterocycles. The Bertz CT molecular complexity index is 840. The average Bonchev–Trinajstić information content (AvgIpc) is 2.85. The van der Waals surface area contributed by atoms with Gasteiger partial charge in [0.15, 0.2) is 0 Å². The number of fused-ring (bicyclic) bond motifs is 3. The molecule has 1 aromatic heterocycles. The van der Waals surface area contributed by atoms with E-state index in [9.17, 15) is 10.1 Å². The van der Waals surface area contributed by atoms with Gasteiger partial charge in [-0.15, -0.1) is 0 Å². The third-order valence-electron chi connectivity index (χ3n) is 3.26. The number of hydrogen-bond donors (Lipinski definition) is 1. The van der Waals surface area contributed by atoms with Crippen molar-refractivity contribution in [2.45, 2.75) is 0 Å². The molecular formula is C15H11N3O. The molecule has 4 heteroatoms. The zero-order chi connectivity index (χ0) is 13.4. The highest BCUT2D eigenvalue weighted by molar-refractivity contribution is 6.11. The summed E-state index contributed by atoms with van der Waals surface area (Å²) in [5.41, 5.74) is 5.73. The van der Waals surface area contributed by atoms with Gasteiger partial charge in [0, 0.05) is 17.0 Å². The van der Waals surface area contributed by atoms with Crippen molar-refractivity contribution in [2.24, 2.45) is 5.73 Å². The fraction of sp³-hybridized carbons (Fsp3) is 0.0667. The predicted molar refractivity (Wildman–Crippen MR) is 73.8 cm³/mol. The van der Waals surface area contributed by atoms with E-state index in [-0.39, 0.29) is 12.5 Å². The molecule has 0 atom stereocenters. The van der Waals surface area contributed by atoms with Gasteiger partial charge in [-0.2, -0.15) is 5.26 Å². The molecule has 0 unspecified atom stereocenters. The molecule has 3 aromatic rings. The van der Waals surface area contributed by atoms with Crippen LogP contribution in [0, 0.1) is 11.3 Å². The van der Waals surface area contributed by atoms with Crippen LogP contribution in [0.5, 0.6) is 0 Å². The summed E-state index contributed by atoms with van der Waals surface area (Å²) in [5.74, 6) is -0.281. The first-order chi connectivity index (χ1) is 9.26. The van der Waals surface area contributed by atoms with Crippen molar-refractivity contribution < 1.29 is 4.79 Å². The molecule has 0 amide bonds. The molecule has 0 aliphatic rings. The lowest BCUT2D eigenvalue weighted by molar-refractivity contribution is 0.0923. The summed E-state index contributed by atoms with van der Waals surface area (Å²) in [5, 5.41) is 13.0.